The Bertz CT molecular complexity index is 496. The van der Waals surface area contributed by atoms with Gasteiger partial charge < -0.3 is 15.7 Å². The molecule has 0 radical (unpaired) electrons. The third kappa shape index (κ3) is 5.19. The molecule has 1 atom stereocenters. The van der Waals surface area contributed by atoms with E-state index in [9.17, 15) is 5.11 Å². The molecule has 0 bridgehead atoms. The van der Waals surface area contributed by atoms with Gasteiger partial charge in [0.1, 0.15) is 0 Å². The van der Waals surface area contributed by atoms with Gasteiger partial charge in [0.25, 0.3) is 0 Å². The lowest BCUT2D eigenvalue weighted by Gasteiger charge is -2.18. The van der Waals surface area contributed by atoms with Crippen LogP contribution in [0.3, 0.4) is 0 Å². The number of hydrogen-bond acceptors (Lipinski definition) is 2. The Kier molecular flexibility index (Phi) is 6.97. The van der Waals surface area contributed by atoms with Crippen LogP contribution in [0.1, 0.15) is 37.2 Å². The van der Waals surface area contributed by atoms with Gasteiger partial charge in [-0.25, -0.2) is 0 Å². The van der Waals surface area contributed by atoms with Gasteiger partial charge in [-0.05, 0) is 31.2 Å². The van der Waals surface area contributed by atoms with Gasteiger partial charge in [0.05, 0.1) is 6.61 Å². The van der Waals surface area contributed by atoms with Crippen LogP contribution in [0.2, 0.25) is 0 Å². The predicted molar refractivity (Wildman–Crippen MR) is 92.2 cm³/mol. The highest BCUT2D eigenvalue weighted by atomic mass is 16.3. The molecule has 4 heteroatoms. The fraction of sp³-hybridized carbons (Fsp3) is 0.500. The van der Waals surface area contributed by atoms with E-state index in [1.807, 2.05) is 30.3 Å². The number of nitrogens with one attached hydrogen (secondary N) is 2. The van der Waals surface area contributed by atoms with Gasteiger partial charge in [0.2, 0.25) is 0 Å². The van der Waals surface area contributed by atoms with Gasteiger partial charge in [0, 0.05) is 26.1 Å². The van der Waals surface area contributed by atoms with Crippen molar-refractivity contribution in [3.63, 3.8) is 0 Å². The van der Waals surface area contributed by atoms with E-state index in [2.05, 4.69) is 21.7 Å². The fourth-order valence-electron chi connectivity index (χ4n) is 2.76. The second kappa shape index (κ2) is 9.26. The van der Waals surface area contributed by atoms with Crippen molar-refractivity contribution < 1.29 is 5.11 Å². The third-order valence-corrected chi connectivity index (χ3v) is 4.10. The summed E-state index contributed by atoms with van der Waals surface area (Å²) in [6, 6.07) is 10.1. The molecular weight excluding hydrogens is 274 g/mol. The first kappa shape index (κ1) is 16.6. The fourth-order valence-corrected chi connectivity index (χ4v) is 2.76. The van der Waals surface area contributed by atoms with Crippen molar-refractivity contribution in [2.75, 3.05) is 26.7 Å². The Morgan fingerprint density at radius 3 is 2.73 bits per heavy atom. The molecule has 120 valence electrons. The van der Waals surface area contributed by atoms with Crippen LogP contribution < -0.4 is 10.6 Å². The van der Waals surface area contributed by atoms with Crippen molar-refractivity contribution in [2.24, 2.45) is 4.99 Å². The summed E-state index contributed by atoms with van der Waals surface area (Å²) in [4.78, 5) is 4.25. The quantitative estimate of drug-likeness (QED) is 0.412. The van der Waals surface area contributed by atoms with Crippen LogP contribution >= 0.6 is 0 Å². The predicted octanol–water partition coefficient (Wildman–Crippen LogP) is 2.43. The minimum atomic E-state index is 0.0808. The maximum Gasteiger partial charge on any atom is 0.191 e. The lowest BCUT2D eigenvalue weighted by atomic mass is 10.0. The molecule has 22 heavy (non-hydrogen) atoms. The zero-order valence-corrected chi connectivity index (χ0v) is 13.4. The van der Waals surface area contributed by atoms with Gasteiger partial charge in [-0.15, -0.1) is 0 Å². The number of guanidine groups is 1. The number of aliphatic imine (C=N–C) groups is 1. The smallest absolute Gasteiger partial charge is 0.191 e. The summed E-state index contributed by atoms with van der Waals surface area (Å²) in [5.74, 6) is 0.880. The first-order valence-electron chi connectivity index (χ1n) is 8.11. The molecule has 0 saturated heterocycles. The SMILES string of the molecule is CN=C(NCCC1=CCCC1)NCC(CO)c1ccccc1. The van der Waals surface area contributed by atoms with E-state index in [1.165, 1.54) is 19.3 Å². The second-order valence-electron chi connectivity index (χ2n) is 5.67. The van der Waals surface area contributed by atoms with Crippen LogP contribution in [0.15, 0.2) is 47.0 Å². The molecule has 0 heterocycles. The Balaban J connectivity index is 1.75. The molecule has 4 nitrogen and oxygen atoms in total. The number of hydrogen-bond donors (Lipinski definition) is 3. The lowest BCUT2D eigenvalue weighted by Crippen LogP contribution is -2.40. The standard InChI is InChI=1S/C18H27N3O/c1-19-18(20-12-11-15-7-5-6-8-15)21-13-17(14-22)16-9-3-2-4-10-16/h2-4,7,9-10,17,22H,5-6,8,11-14H2,1H3,(H2,19,20,21). The highest BCUT2D eigenvalue weighted by Crippen LogP contribution is 2.19. The van der Waals surface area contributed by atoms with Crippen LogP contribution in [0.5, 0.6) is 0 Å². The van der Waals surface area contributed by atoms with Crippen LogP contribution in [0.25, 0.3) is 0 Å². The van der Waals surface area contributed by atoms with E-state index in [4.69, 9.17) is 0 Å². The first-order chi connectivity index (χ1) is 10.8. The van der Waals surface area contributed by atoms with E-state index in [-0.39, 0.29) is 12.5 Å². The summed E-state index contributed by atoms with van der Waals surface area (Å²) in [6.07, 6.45) is 7.22. The summed E-state index contributed by atoms with van der Waals surface area (Å²) in [6.45, 7) is 1.70. The second-order valence-corrected chi connectivity index (χ2v) is 5.67. The summed E-state index contributed by atoms with van der Waals surface area (Å²) in [5.41, 5.74) is 2.70. The van der Waals surface area contributed by atoms with Crippen LogP contribution in [-0.4, -0.2) is 37.8 Å². The molecule has 0 fully saturated rings. The molecule has 0 aliphatic heterocycles. The summed E-state index contributed by atoms with van der Waals surface area (Å²) in [5, 5.41) is 16.2. The van der Waals surface area contributed by atoms with Crippen molar-refractivity contribution in [1.29, 1.82) is 0 Å². The summed E-state index contributed by atoms with van der Waals surface area (Å²) >= 11 is 0. The van der Waals surface area contributed by atoms with E-state index in [0.29, 0.717) is 6.54 Å². The molecule has 1 aliphatic carbocycles. The van der Waals surface area contributed by atoms with Crippen molar-refractivity contribution in [2.45, 2.75) is 31.6 Å². The Morgan fingerprint density at radius 1 is 1.27 bits per heavy atom. The van der Waals surface area contributed by atoms with E-state index < -0.39 is 0 Å². The summed E-state index contributed by atoms with van der Waals surface area (Å²) < 4.78 is 0. The minimum absolute atomic E-state index is 0.0808. The Morgan fingerprint density at radius 2 is 2.09 bits per heavy atom. The molecule has 1 aromatic rings. The van der Waals surface area contributed by atoms with Crippen molar-refractivity contribution in [3.8, 4) is 0 Å². The van der Waals surface area contributed by atoms with Crippen LogP contribution in [0.4, 0.5) is 0 Å². The van der Waals surface area contributed by atoms with E-state index in [0.717, 1.165) is 24.5 Å². The normalized spacial score (nSPS) is 16.3. The van der Waals surface area contributed by atoms with Gasteiger partial charge in [-0.1, -0.05) is 42.0 Å². The van der Waals surface area contributed by atoms with Gasteiger partial charge in [-0.2, -0.15) is 0 Å². The van der Waals surface area contributed by atoms with Crippen LogP contribution in [-0.2, 0) is 0 Å². The molecule has 1 aliphatic rings. The monoisotopic (exact) mass is 301 g/mol. The molecule has 2 rings (SSSR count). The maximum absolute atomic E-state index is 9.58. The number of aliphatic hydroxyl groups excluding tert-OH is 1. The van der Waals surface area contributed by atoms with Gasteiger partial charge >= 0.3 is 0 Å². The molecule has 1 aromatic carbocycles. The number of benzene rings is 1. The minimum Gasteiger partial charge on any atom is -0.396 e. The molecular formula is C18H27N3O. The maximum atomic E-state index is 9.58. The average molecular weight is 301 g/mol. The molecule has 0 spiro atoms. The molecule has 3 N–H and O–H groups in total. The van der Waals surface area contributed by atoms with Crippen molar-refractivity contribution in [1.82, 2.24) is 10.6 Å². The van der Waals surface area contributed by atoms with Gasteiger partial charge in [0.15, 0.2) is 5.96 Å². The third-order valence-electron chi connectivity index (χ3n) is 4.10. The average Bonchev–Trinajstić information content (AvgIpc) is 3.08. The number of rotatable bonds is 7. The molecule has 0 amide bonds. The van der Waals surface area contributed by atoms with Gasteiger partial charge in [-0.3, -0.25) is 4.99 Å². The first-order valence-corrected chi connectivity index (χ1v) is 8.11. The molecule has 0 aromatic heterocycles. The molecule has 1 unspecified atom stereocenters. The van der Waals surface area contributed by atoms with E-state index >= 15 is 0 Å². The van der Waals surface area contributed by atoms with Crippen molar-refractivity contribution in [3.05, 3.63) is 47.5 Å². The van der Waals surface area contributed by atoms with Crippen molar-refractivity contribution >= 4 is 5.96 Å². The number of allylic oxidation sites excluding steroid dienone is 1. The zero-order valence-electron chi connectivity index (χ0n) is 13.4. The Labute approximate surface area is 133 Å². The molecule has 0 saturated carbocycles. The van der Waals surface area contributed by atoms with Crippen LogP contribution in [0, 0.1) is 0 Å². The Hall–Kier alpha value is -1.81. The largest absolute Gasteiger partial charge is 0.396 e. The number of aliphatic hydroxyl groups is 1. The highest BCUT2D eigenvalue weighted by Gasteiger charge is 2.11. The summed E-state index contributed by atoms with van der Waals surface area (Å²) in [7, 11) is 1.78. The zero-order chi connectivity index (χ0) is 15.6. The number of nitrogens with zero attached hydrogens (tertiary/aromatic N) is 1. The van der Waals surface area contributed by atoms with E-state index in [1.54, 1.807) is 12.6 Å². The highest BCUT2D eigenvalue weighted by molar-refractivity contribution is 5.79. The topological polar surface area (TPSA) is 56.7 Å². The lowest BCUT2D eigenvalue weighted by molar-refractivity contribution is 0.265.